The summed E-state index contributed by atoms with van der Waals surface area (Å²) in [5.41, 5.74) is 0.295. The zero-order valence-electron chi connectivity index (χ0n) is 12.9. The van der Waals surface area contributed by atoms with Gasteiger partial charge in [-0.1, -0.05) is 60.7 Å². The molecule has 0 aromatic heterocycles. The van der Waals surface area contributed by atoms with Crippen molar-refractivity contribution < 1.29 is 24.0 Å². The lowest BCUT2D eigenvalue weighted by molar-refractivity contribution is -0.0623. The minimum atomic E-state index is -4.69. The number of benzene rings is 2. The molecule has 0 fully saturated rings. The molecule has 0 radical (unpaired) electrons. The third-order valence-corrected chi connectivity index (χ3v) is 4.35. The number of rotatable bonds is 7. The summed E-state index contributed by atoms with van der Waals surface area (Å²) in [6.07, 6.45) is -0.586. The van der Waals surface area contributed by atoms with E-state index in [2.05, 4.69) is 0 Å². The first-order valence-corrected chi connectivity index (χ1v) is 8.86. The third kappa shape index (κ3) is 5.57. The predicted octanol–water partition coefficient (Wildman–Crippen LogP) is 2.70. The number of phosphoric acid groups is 1. The van der Waals surface area contributed by atoms with E-state index in [9.17, 15) is 9.67 Å². The maximum absolute atomic E-state index is 11.2. The fraction of sp³-hybridized carbons (Fsp3) is 0.294. The molecule has 0 saturated carbocycles. The highest BCUT2D eigenvalue weighted by molar-refractivity contribution is 7.46. The normalized spacial score (nSPS) is 13.7. The highest BCUT2D eigenvalue weighted by Crippen LogP contribution is 2.41. The maximum Gasteiger partial charge on any atom is 0.469 e. The Morgan fingerprint density at radius 2 is 1.35 bits per heavy atom. The molecule has 0 bridgehead atoms. The summed E-state index contributed by atoms with van der Waals surface area (Å²) in [5, 5.41) is 11.1. The van der Waals surface area contributed by atoms with Crippen LogP contribution in [0.15, 0.2) is 60.7 Å². The van der Waals surface area contributed by atoms with Crippen LogP contribution in [0, 0.1) is 0 Å². The van der Waals surface area contributed by atoms with Crippen molar-refractivity contribution in [2.75, 3.05) is 0 Å². The van der Waals surface area contributed by atoms with Crippen molar-refractivity contribution >= 4 is 7.82 Å². The topological polar surface area (TPSA) is 87.0 Å². The SMILES string of the molecule is CC(OP(=O)(O)O)C(O)(Cc1ccccc1)Cc1ccccc1. The summed E-state index contributed by atoms with van der Waals surface area (Å²) in [6.45, 7) is 1.48. The van der Waals surface area contributed by atoms with Crippen LogP contribution in [-0.2, 0) is 21.9 Å². The quantitative estimate of drug-likeness (QED) is 0.677. The van der Waals surface area contributed by atoms with Crippen LogP contribution in [0.25, 0.3) is 0 Å². The van der Waals surface area contributed by atoms with Crippen molar-refractivity contribution in [3.05, 3.63) is 71.8 Å². The van der Waals surface area contributed by atoms with E-state index in [1.807, 2.05) is 60.7 Å². The summed E-state index contributed by atoms with van der Waals surface area (Å²) in [4.78, 5) is 18.1. The highest BCUT2D eigenvalue weighted by atomic mass is 31.2. The standard InChI is InChI=1S/C17H21O5P/c1-14(22-23(19,20)21)17(18,12-15-8-4-2-5-9-15)13-16-10-6-3-7-11-16/h2-11,14,18H,12-13H2,1H3,(H2,19,20,21). The van der Waals surface area contributed by atoms with Crippen LogP contribution in [-0.4, -0.2) is 26.6 Å². The first kappa shape index (κ1) is 17.9. The zero-order chi connectivity index (χ0) is 16.9. The Morgan fingerprint density at radius 3 is 1.70 bits per heavy atom. The Kier molecular flexibility index (Phi) is 5.74. The molecule has 23 heavy (non-hydrogen) atoms. The van der Waals surface area contributed by atoms with E-state index in [1.165, 1.54) is 6.92 Å². The van der Waals surface area contributed by atoms with Gasteiger partial charge in [-0.05, 0) is 18.1 Å². The van der Waals surface area contributed by atoms with Gasteiger partial charge < -0.3 is 14.9 Å². The molecule has 2 aromatic carbocycles. The average Bonchev–Trinajstić information content (AvgIpc) is 2.47. The van der Waals surface area contributed by atoms with Gasteiger partial charge >= 0.3 is 7.82 Å². The van der Waals surface area contributed by atoms with Gasteiger partial charge in [-0.3, -0.25) is 4.52 Å². The molecule has 0 amide bonds. The summed E-state index contributed by atoms with van der Waals surface area (Å²) >= 11 is 0. The largest absolute Gasteiger partial charge is 0.469 e. The van der Waals surface area contributed by atoms with Crippen LogP contribution in [0.5, 0.6) is 0 Å². The molecular formula is C17H21O5P. The molecule has 0 heterocycles. The van der Waals surface area contributed by atoms with E-state index in [-0.39, 0.29) is 12.8 Å². The molecule has 0 spiro atoms. The smallest absolute Gasteiger partial charge is 0.386 e. The second-order valence-corrected chi connectivity index (χ2v) is 6.86. The second-order valence-electron chi connectivity index (χ2n) is 5.67. The van der Waals surface area contributed by atoms with E-state index in [0.717, 1.165) is 11.1 Å². The zero-order valence-corrected chi connectivity index (χ0v) is 13.8. The molecule has 0 aliphatic carbocycles. The van der Waals surface area contributed by atoms with Crippen molar-refractivity contribution in [1.82, 2.24) is 0 Å². The fourth-order valence-electron chi connectivity index (χ4n) is 2.55. The minimum absolute atomic E-state index is 0.226. The Balaban J connectivity index is 2.27. The van der Waals surface area contributed by atoms with Crippen LogP contribution in [0.2, 0.25) is 0 Å². The molecule has 0 aliphatic rings. The van der Waals surface area contributed by atoms with Crippen LogP contribution in [0.3, 0.4) is 0 Å². The number of aliphatic hydroxyl groups is 1. The molecule has 6 heteroatoms. The molecule has 2 rings (SSSR count). The molecule has 2 aromatic rings. The highest BCUT2D eigenvalue weighted by Gasteiger charge is 2.38. The molecular weight excluding hydrogens is 315 g/mol. The summed E-state index contributed by atoms with van der Waals surface area (Å²) in [6, 6.07) is 18.6. The van der Waals surface area contributed by atoms with Crippen molar-refractivity contribution in [1.29, 1.82) is 0 Å². The Hall–Kier alpha value is -1.49. The Bertz CT molecular complexity index is 612. The molecule has 5 nitrogen and oxygen atoms in total. The molecule has 1 unspecified atom stereocenters. The molecule has 0 saturated heterocycles. The minimum Gasteiger partial charge on any atom is -0.386 e. The Morgan fingerprint density at radius 1 is 0.957 bits per heavy atom. The molecule has 124 valence electrons. The fourth-order valence-corrected chi connectivity index (χ4v) is 3.16. The van der Waals surface area contributed by atoms with E-state index < -0.39 is 19.5 Å². The summed E-state index contributed by atoms with van der Waals surface area (Å²) in [7, 11) is -4.69. The van der Waals surface area contributed by atoms with E-state index in [1.54, 1.807) is 0 Å². The van der Waals surface area contributed by atoms with Gasteiger partial charge in [0.1, 0.15) is 0 Å². The van der Waals surface area contributed by atoms with E-state index in [4.69, 9.17) is 14.3 Å². The van der Waals surface area contributed by atoms with Crippen LogP contribution < -0.4 is 0 Å². The van der Waals surface area contributed by atoms with Gasteiger partial charge in [-0.2, -0.15) is 0 Å². The van der Waals surface area contributed by atoms with Gasteiger partial charge in [0.15, 0.2) is 0 Å². The van der Waals surface area contributed by atoms with Gasteiger partial charge in [0.25, 0.3) is 0 Å². The van der Waals surface area contributed by atoms with Gasteiger partial charge in [-0.25, -0.2) is 4.57 Å². The van der Waals surface area contributed by atoms with Gasteiger partial charge in [0.2, 0.25) is 0 Å². The lowest BCUT2D eigenvalue weighted by atomic mass is 9.84. The van der Waals surface area contributed by atoms with Crippen LogP contribution in [0.4, 0.5) is 0 Å². The number of hydrogen-bond acceptors (Lipinski definition) is 3. The summed E-state index contributed by atoms with van der Waals surface area (Å²) in [5.74, 6) is 0. The first-order chi connectivity index (χ1) is 10.8. The van der Waals surface area contributed by atoms with Crippen molar-refractivity contribution in [3.63, 3.8) is 0 Å². The van der Waals surface area contributed by atoms with Gasteiger partial charge in [-0.15, -0.1) is 0 Å². The van der Waals surface area contributed by atoms with Crippen molar-refractivity contribution in [2.45, 2.75) is 31.5 Å². The molecule has 1 atom stereocenters. The number of hydrogen-bond donors (Lipinski definition) is 3. The molecule has 0 aliphatic heterocycles. The van der Waals surface area contributed by atoms with Crippen LogP contribution in [0.1, 0.15) is 18.1 Å². The van der Waals surface area contributed by atoms with Crippen molar-refractivity contribution in [3.8, 4) is 0 Å². The summed E-state index contributed by atoms with van der Waals surface area (Å²) < 4.78 is 15.9. The first-order valence-electron chi connectivity index (χ1n) is 7.33. The van der Waals surface area contributed by atoms with Gasteiger partial charge in [0.05, 0.1) is 11.7 Å². The van der Waals surface area contributed by atoms with Gasteiger partial charge in [0, 0.05) is 12.8 Å². The van der Waals surface area contributed by atoms with E-state index >= 15 is 0 Å². The van der Waals surface area contributed by atoms with E-state index in [0.29, 0.717) is 0 Å². The maximum atomic E-state index is 11.2. The average molecular weight is 336 g/mol. The molecule has 3 N–H and O–H groups in total. The van der Waals surface area contributed by atoms with Crippen LogP contribution >= 0.6 is 7.82 Å². The second kappa shape index (κ2) is 7.39. The number of phosphoric ester groups is 1. The lowest BCUT2D eigenvalue weighted by Crippen LogP contribution is -2.46. The van der Waals surface area contributed by atoms with Crippen molar-refractivity contribution in [2.24, 2.45) is 0 Å². The predicted molar refractivity (Wildman–Crippen MR) is 87.8 cm³/mol. The monoisotopic (exact) mass is 336 g/mol. The third-order valence-electron chi connectivity index (χ3n) is 3.76. The lowest BCUT2D eigenvalue weighted by Gasteiger charge is -2.34. The Labute approximate surface area is 135 Å².